The van der Waals surface area contributed by atoms with Gasteiger partial charge in [0.1, 0.15) is 12.1 Å². The zero-order chi connectivity index (χ0) is 11.7. The molecule has 0 spiro atoms. The lowest BCUT2D eigenvalue weighted by molar-refractivity contribution is 1.09. The van der Waals surface area contributed by atoms with E-state index < -0.39 is 0 Å². The smallest absolute Gasteiger partial charge is 0.160 e. The third-order valence-corrected chi connectivity index (χ3v) is 2.54. The van der Waals surface area contributed by atoms with Crippen LogP contribution in [0.3, 0.4) is 0 Å². The lowest BCUT2D eigenvalue weighted by Gasteiger charge is -2.07. The fourth-order valence-electron chi connectivity index (χ4n) is 1.59. The van der Waals surface area contributed by atoms with Crippen LogP contribution in [0.15, 0.2) is 31.0 Å². The fraction of sp³-hybridized carbons (Fsp3) is 0.0909. The average molecular weight is 226 g/mol. The van der Waals surface area contributed by atoms with Gasteiger partial charge in [-0.25, -0.2) is 9.97 Å². The first-order chi connectivity index (χ1) is 8.34. The number of aromatic nitrogens is 5. The van der Waals surface area contributed by atoms with Gasteiger partial charge in [0.25, 0.3) is 0 Å². The van der Waals surface area contributed by atoms with E-state index in [0.29, 0.717) is 5.65 Å². The van der Waals surface area contributed by atoms with Crippen molar-refractivity contribution in [2.75, 3.05) is 5.32 Å². The summed E-state index contributed by atoms with van der Waals surface area (Å²) in [5, 5.41) is 10.8. The molecule has 0 unspecified atom stereocenters. The summed E-state index contributed by atoms with van der Waals surface area (Å²) < 4.78 is 0. The van der Waals surface area contributed by atoms with Gasteiger partial charge in [-0.15, -0.1) is 0 Å². The second-order valence-corrected chi connectivity index (χ2v) is 3.67. The van der Waals surface area contributed by atoms with Crippen LogP contribution in [0.4, 0.5) is 11.5 Å². The summed E-state index contributed by atoms with van der Waals surface area (Å²) in [4.78, 5) is 12.4. The maximum Gasteiger partial charge on any atom is 0.160 e. The van der Waals surface area contributed by atoms with Crippen LogP contribution in [0, 0.1) is 6.92 Å². The predicted molar refractivity (Wildman–Crippen MR) is 63.9 cm³/mol. The van der Waals surface area contributed by atoms with Crippen molar-refractivity contribution >= 4 is 22.5 Å². The van der Waals surface area contributed by atoms with Gasteiger partial charge < -0.3 is 5.32 Å². The SMILES string of the molecule is Cc1ccncc1Nc1ncnc2[nH]ncc12. The molecule has 17 heavy (non-hydrogen) atoms. The highest BCUT2D eigenvalue weighted by Crippen LogP contribution is 2.22. The minimum atomic E-state index is 0.712. The number of hydrogen-bond donors (Lipinski definition) is 2. The van der Waals surface area contributed by atoms with Gasteiger partial charge in [-0.1, -0.05) is 0 Å². The fourth-order valence-corrected chi connectivity index (χ4v) is 1.59. The molecule has 0 atom stereocenters. The Kier molecular flexibility index (Phi) is 2.18. The monoisotopic (exact) mass is 226 g/mol. The van der Waals surface area contributed by atoms with Crippen LogP contribution in [0.5, 0.6) is 0 Å². The number of anilines is 2. The molecule has 0 bridgehead atoms. The number of H-pyrrole nitrogens is 1. The van der Waals surface area contributed by atoms with E-state index in [4.69, 9.17) is 0 Å². The van der Waals surface area contributed by atoms with Crippen molar-refractivity contribution in [2.24, 2.45) is 0 Å². The van der Waals surface area contributed by atoms with Crippen LogP contribution >= 0.6 is 0 Å². The zero-order valence-electron chi connectivity index (χ0n) is 9.18. The normalized spacial score (nSPS) is 10.6. The van der Waals surface area contributed by atoms with Crippen LogP contribution in [-0.4, -0.2) is 25.1 Å². The summed E-state index contributed by atoms with van der Waals surface area (Å²) in [5.41, 5.74) is 2.74. The van der Waals surface area contributed by atoms with E-state index in [9.17, 15) is 0 Å². The molecular formula is C11H10N6. The molecule has 0 aliphatic rings. The first kappa shape index (κ1) is 9.71. The molecule has 2 N–H and O–H groups in total. The summed E-state index contributed by atoms with van der Waals surface area (Å²) in [5.74, 6) is 0.722. The third kappa shape index (κ3) is 1.69. The Labute approximate surface area is 97.1 Å². The molecule has 0 saturated carbocycles. The molecule has 6 nitrogen and oxygen atoms in total. The van der Waals surface area contributed by atoms with Gasteiger partial charge in [0.2, 0.25) is 0 Å². The van der Waals surface area contributed by atoms with E-state index in [1.54, 1.807) is 18.6 Å². The van der Waals surface area contributed by atoms with Crippen molar-refractivity contribution in [2.45, 2.75) is 6.92 Å². The molecule has 3 rings (SSSR count). The summed E-state index contributed by atoms with van der Waals surface area (Å²) in [6.45, 7) is 2.01. The van der Waals surface area contributed by atoms with Crippen LogP contribution in [0.2, 0.25) is 0 Å². The van der Waals surface area contributed by atoms with Crippen molar-refractivity contribution in [1.29, 1.82) is 0 Å². The first-order valence-corrected chi connectivity index (χ1v) is 5.16. The molecule has 84 valence electrons. The number of nitrogens with one attached hydrogen (secondary N) is 2. The Morgan fingerprint density at radius 2 is 2.18 bits per heavy atom. The van der Waals surface area contributed by atoms with Gasteiger partial charge in [0, 0.05) is 6.20 Å². The topological polar surface area (TPSA) is 79.4 Å². The molecular weight excluding hydrogens is 216 g/mol. The number of nitrogens with zero attached hydrogens (tertiary/aromatic N) is 4. The number of aryl methyl sites for hydroxylation is 1. The second-order valence-electron chi connectivity index (χ2n) is 3.67. The maximum absolute atomic E-state index is 4.21. The van der Waals surface area contributed by atoms with Crippen molar-refractivity contribution in [1.82, 2.24) is 25.1 Å². The zero-order valence-corrected chi connectivity index (χ0v) is 9.18. The van der Waals surface area contributed by atoms with Gasteiger partial charge >= 0.3 is 0 Å². The molecule has 6 heteroatoms. The van der Waals surface area contributed by atoms with Crippen LogP contribution in [-0.2, 0) is 0 Å². The van der Waals surface area contributed by atoms with E-state index in [-0.39, 0.29) is 0 Å². The van der Waals surface area contributed by atoms with Gasteiger partial charge in [-0.2, -0.15) is 5.10 Å². The Hall–Kier alpha value is -2.50. The predicted octanol–water partition coefficient (Wildman–Crippen LogP) is 1.80. The molecule has 0 saturated heterocycles. The average Bonchev–Trinajstić information content (AvgIpc) is 2.81. The van der Waals surface area contributed by atoms with Crippen molar-refractivity contribution < 1.29 is 0 Å². The lowest BCUT2D eigenvalue weighted by atomic mass is 10.2. The number of fused-ring (bicyclic) bond motifs is 1. The van der Waals surface area contributed by atoms with Crippen LogP contribution in [0.1, 0.15) is 5.56 Å². The summed E-state index contributed by atoms with van der Waals surface area (Å²) in [6.07, 6.45) is 6.72. The van der Waals surface area contributed by atoms with Gasteiger partial charge in [-0.05, 0) is 18.6 Å². The molecule has 3 heterocycles. The highest BCUT2D eigenvalue weighted by molar-refractivity contribution is 5.87. The highest BCUT2D eigenvalue weighted by atomic mass is 15.2. The molecule has 3 aromatic rings. The second kappa shape index (κ2) is 3.82. The van der Waals surface area contributed by atoms with E-state index in [2.05, 4.69) is 30.5 Å². The summed E-state index contributed by atoms with van der Waals surface area (Å²) in [6, 6.07) is 1.94. The number of pyridine rings is 1. The first-order valence-electron chi connectivity index (χ1n) is 5.16. The van der Waals surface area contributed by atoms with Gasteiger partial charge in [0.05, 0.1) is 23.5 Å². The molecule has 0 fully saturated rings. The lowest BCUT2D eigenvalue weighted by Crippen LogP contribution is -1.97. The molecule has 3 aromatic heterocycles. The van der Waals surface area contributed by atoms with E-state index in [1.807, 2.05) is 13.0 Å². The quantitative estimate of drug-likeness (QED) is 0.696. The summed E-state index contributed by atoms with van der Waals surface area (Å²) in [7, 11) is 0. The largest absolute Gasteiger partial charge is 0.338 e. The van der Waals surface area contributed by atoms with Crippen molar-refractivity contribution in [3.05, 3.63) is 36.5 Å². The molecule has 0 aliphatic heterocycles. The minimum absolute atomic E-state index is 0.712. The van der Waals surface area contributed by atoms with Crippen molar-refractivity contribution in [3.63, 3.8) is 0 Å². The molecule has 0 aromatic carbocycles. The van der Waals surface area contributed by atoms with E-state index in [0.717, 1.165) is 22.5 Å². The van der Waals surface area contributed by atoms with E-state index in [1.165, 1.54) is 6.33 Å². The Balaban J connectivity index is 2.06. The molecule has 0 radical (unpaired) electrons. The number of rotatable bonds is 2. The standard InChI is InChI=1S/C11H10N6/c1-7-2-3-12-5-9(7)16-10-8-4-15-17-11(8)14-6-13-10/h2-6H,1H3,(H2,13,14,15,16,17). The van der Waals surface area contributed by atoms with Gasteiger partial charge in [0.15, 0.2) is 5.65 Å². The number of aromatic amines is 1. The highest BCUT2D eigenvalue weighted by Gasteiger charge is 2.06. The molecule has 0 amide bonds. The maximum atomic E-state index is 4.21. The third-order valence-electron chi connectivity index (χ3n) is 2.54. The van der Waals surface area contributed by atoms with Crippen molar-refractivity contribution in [3.8, 4) is 0 Å². The molecule has 0 aliphatic carbocycles. The van der Waals surface area contributed by atoms with Gasteiger partial charge in [-0.3, -0.25) is 10.1 Å². The Morgan fingerprint density at radius 3 is 3.06 bits per heavy atom. The Morgan fingerprint density at radius 1 is 1.24 bits per heavy atom. The van der Waals surface area contributed by atoms with E-state index >= 15 is 0 Å². The summed E-state index contributed by atoms with van der Waals surface area (Å²) >= 11 is 0. The number of hydrogen-bond acceptors (Lipinski definition) is 5. The Bertz CT molecular complexity index is 660. The minimum Gasteiger partial charge on any atom is -0.338 e. The van der Waals surface area contributed by atoms with Crippen LogP contribution in [0.25, 0.3) is 11.0 Å². The van der Waals surface area contributed by atoms with Crippen LogP contribution < -0.4 is 5.32 Å².